The minimum Gasteiger partial charge on any atom is -0.496 e. The fourth-order valence-electron chi connectivity index (χ4n) is 3.45. The van der Waals surface area contributed by atoms with Crippen molar-refractivity contribution in [2.75, 3.05) is 14.2 Å². The number of carbonyl (C=O) groups is 1. The van der Waals surface area contributed by atoms with E-state index in [1.165, 1.54) is 0 Å². The smallest absolute Gasteiger partial charge is 0.246 e. The van der Waals surface area contributed by atoms with Crippen LogP contribution in [0.2, 0.25) is 0 Å². The molecule has 29 heavy (non-hydrogen) atoms. The number of benzene rings is 2. The fraction of sp³-hybridized carbons (Fsp3) is 0.250. The molecule has 3 rings (SSSR count). The number of methoxy groups -OCH3 is 1. The van der Waals surface area contributed by atoms with E-state index in [1.54, 1.807) is 25.1 Å². The van der Waals surface area contributed by atoms with Crippen LogP contribution in [-0.4, -0.2) is 29.5 Å². The third-order valence-electron chi connectivity index (χ3n) is 5.21. The highest BCUT2D eigenvalue weighted by Gasteiger charge is 2.18. The number of nitriles is 1. The topological polar surface area (TPSA) is 58.3 Å². The standard InChI is InChI=1S/C24H25N3O2/c1-18(20-9-5-7-12-23(20)29-3)26(2)24(28)14-13-19-17-27(16-8-15-25)22-11-6-4-10-21(19)22/h4-7,9-14,17-18H,8,16H2,1-3H3/b14-13+. The zero-order valence-electron chi connectivity index (χ0n) is 17.0. The number of rotatable bonds is 7. The summed E-state index contributed by atoms with van der Waals surface area (Å²) in [5.41, 5.74) is 2.99. The number of aromatic nitrogens is 1. The Kier molecular flexibility index (Phi) is 6.36. The van der Waals surface area contributed by atoms with Crippen LogP contribution in [0.25, 0.3) is 17.0 Å². The maximum Gasteiger partial charge on any atom is 0.246 e. The summed E-state index contributed by atoms with van der Waals surface area (Å²) >= 11 is 0. The molecule has 0 radical (unpaired) electrons. The van der Waals surface area contributed by atoms with E-state index < -0.39 is 0 Å². The van der Waals surface area contributed by atoms with Gasteiger partial charge in [0, 0.05) is 47.9 Å². The Labute approximate surface area is 171 Å². The first-order chi connectivity index (χ1) is 14.1. The largest absolute Gasteiger partial charge is 0.496 e. The lowest BCUT2D eigenvalue weighted by Crippen LogP contribution is -2.28. The van der Waals surface area contributed by atoms with Crippen LogP contribution in [0.1, 0.15) is 30.5 Å². The van der Waals surface area contributed by atoms with Crippen LogP contribution < -0.4 is 4.74 Å². The van der Waals surface area contributed by atoms with Crippen LogP contribution in [0.4, 0.5) is 0 Å². The predicted molar refractivity (Wildman–Crippen MR) is 115 cm³/mol. The summed E-state index contributed by atoms with van der Waals surface area (Å²) in [6, 6.07) is 17.8. The lowest BCUT2D eigenvalue weighted by molar-refractivity contribution is -0.126. The molecule has 2 aromatic carbocycles. The molecule has 1 heterocycles. The first-order valence-corrected chi connectivity index (χ1v) is 9.59. The molecule has 0 N–H and O–H groups in total. The van der Waals surface area contributed by atoms with Crippen LogP contribution in [-0.2, 0) is 11.3 Å². The molecular formula is C24H25N3O2. The van der Waals surface area contributed by atoms with Gasteiger partial charge in [-0.25, -0.2) is 0 Å². The summed E-state index contributed by atoms with van der Waals surface area (Å²) in [6.07, 6.45) is 5.89. The average Bonchev–Trinajstić information content (AvgIpc) is 3.12. The van der Waals surface area contributed by atoms with Crippen molar-refractivity contribution in [1.29, 1.82) is 5.26 Å². The molecular weight excluding hydrogens is 362 g/mol. The normalized spacial score (nSPS) is 12.1. The molecule has 0 spiro atoms. The van der Waals surface area contributed by atoms with Gasteiger partial charge in [-0.3, -0.25) is 4.79 Å². The van der Waals surface area contributed by atoms with Crippen molar-refractivity contribution in [2.24, 2.45) is 0 Å². The molecule has 5 heteroatoms. The highest BCUT2D eigenvalue weighted by molar-refractivity contribution is 5.96. The van der Waals surface area contributed by atoms with Gasteiger partial charge in [-0.2, -0.15) is 5.26 Å². The monoisotopic (exact) mass is 387 g/mol. The number of nitrogens with zero attached hydrogens (tertiary/aromatic N) is 3. The summed E-state index contributed by atoms with van der Waals surface area (Å²) in [7, 11) is 3.43. The van der Waals surface area contributed by atoms with Gasteiger partial charge in [0.15, 0.2) is 0 Å². The van der Waals surface area contributed by atoms with E-state index in [4.69, 9.17) is 10.00 Å². The van der Waals surface area contributed by atoms with Gasteiger partial charge in [0.1, 0.15) is 5.75 Å². The van der Waals surface area contributed by atoms with Gasteiger partial charge >= 0.3 is 0 Å². The quantitative estimate of drug-likeness (QED) is 0.547. The molecule has 148 valence electrons. The van der Waals surface area contributed by atoms with Crippen molar-refractivity contribution < 1.29 is 9.53 Å². The van der Waals surface area contributed by atoms with Crippen molar-refractivity contribution in [3.8, 4) is 11.8 Å². The Morgan fingerprint density at radius 1 is 1.24 bits per heavy atom. The summed E-state index contributed by atoms with van der Waals surface area (Å²) < 4.78 is 7.49. The average molecular weight is 387 g/mol. The van der Waals surface area contributed by atoms with Crippen LogP contribution in [0.15, 0.2) is 60.8 Å². The van der Waals surface area contributed by atoms with Gasteiger partial charge in [-0.15, -0.1) is 0 Å². The Balaban J connectivity index is 1.82. The number of likely N-dealkylation sites (N-methyl/N-ethyl adjacent to an activating group) is 1. The zero-order valence-corrected chi connectivity index (χ0v) is 17.0. The van der Waals surface area contributed by atoms with Gasteiger partial charge in [0.05, 0.1) is 25.6 Å². The third-order valence-corrected chi connectivity index (χ3v) is 5.21. The number of hydrogen-bond donors (Lipinski definition) is 0. The molecule has 0 saturated carbocycles. The predicted octanol–water partition coefficient (Wildman–Crippen LogP) is 4.80. The van der Waals surface area contributed by atoms with Crippen molar-refractivity contribution in [1.82, 2.24) is 9.47 Å². The number of carbonyl (C=O) groups excluding carboxylic acids is 1. The van der Waals surface area contributed by atoms with Crippen molar-refractivity contribution >= 4 is 22.9 Å². The van der Waals surface area contributed by atoms with E-state index in [1.807, 2.05) is 67.7 Å². The molecule has 0 aliphatic carbocycles. The molecule has 0 aliphatic rings. The first kappa shape index (κ1) is 20.2. The number of hydrogen-bond acceptors (Lipinski definition) is 3. The van der Waals surface area contributed by atoms with Crippen LogP contribution in [0.5, 0.6) is 5.75 Å². The van der Waals surface area contributed by atoms with Gasteiger partial charge in [0.2, 0.25) is 5.91 Å². The van der Waals surface area contributed by atoms with Gasteiger partial charge in [-0.1, -0.05) is 36.4 Å². The Morgan fingerprint density at radius 3 is 2.72 bits per heavy atom. The van der Waals surface area contributed by atoms with E-state index in [9.17, 15) is 4.79 Å². The second-order valence-corrected chi connectivity index (χ2v) is 6.90. The lowest BCUT2D eigenvalue weighted by atomic mass is 10.1. The highest BCUT2D eigenvalue weighted by Crippen LogP contribution is 2.28. The summed E-state index contributed by atoms with van der Waals surface area (Å²) in [4.78, 5) is 14.5. The van der Waals surface area contributed by atoms with E-state index >= 15 is 0 Å². The third kappa shape index (κ3) is 4.33. The number of amides is 1. The molecule has 0 aliphatic heterocycles. The molecule has 5 nitrogen and oxygen atoms in total. The molecule has 0 saturated heterocycles. The Morgan fingerprint density at radius 2 is 1.97 bits per heavy atom. The number of ether oxygens (including phenoxy) is 1. The van der Waals surface area contributed by atoms with Gasteiger partial charge in [-0.05, 0) is 25.1 Å². The summed E-state index contributed by atoms with van der Waals surface area (Å²) in [5, 5.41) is 9.96. The highest BCUT2D eigenvalue weighted by atomic mass is 16.5. The Bertz CT molecular complexity index is 1080. The van der Waals surface area contributed by atoms with Crippen molar-refractivity contribution in [3.05, 3.63) is 71.9 Å². The lowest BCUT2D eigenvalue weighted by Gasteiger charge is -2.25. The number of fused-ring (bicyclic) bond motifs is 1. The number of para-hydroxylation sites is 2. The second-order valence-electron chi connectivity index (χ2n) is 6.90. The second kappa shape index (κ2) is 9.11. The fourth-order valence-corrected chi connectivity index (χ4v) is 3.45. The van der Waals surface area contributed by atoms with E-state index in [-0.39, 0.29) is 11.9 Å². The number of aryl methyl sites for hydroxylation is 1. The maximum atomic E-state index is 12.8. The first-order valence-electron chi connectivity index (χ1n) is 9.59. The minimum absolute atomic E-state index is 0.0859. The summed E-state index contributed by atoms with van der Waals surface area (Å²) in [6.45, 7) is 2.61. The van der Waals surface area contributed by atoms with Crippen LogP contribution >= 0.6 is 0 Å². The van der Waals surface area contributed by atoms with Crippen molar-refractivity contribution in [2.45, 2.75) is 25.9 Å². The van der Waals surface area contributed by atoms with Crippen LogP contribution in [0.3, 0.4) is 0 Å². The molecule has 1 amide bonds. The SMILES string of the molecule is COc1ccccc1C(C)N(C)C(=O)/C=C/c1cn(CCC#N)c2ccccc12. The molecule has 0 bridgehead atoms. The summed E-state index contributed by atoms with van der Waals surface area (Å²) in [5.74, 6) is 0.682. The molecule has 1 atom stereocenters. The minimum atomic E-state index is -0.125. The molecule has 3 aromatic rings. The maximum absolute atomic E-state index is 12.8. The van der Waals surface area contributed by atoms with E-state index in [0.29, 0.717) is 13.0 Å². The van der Waals surface area contributed by atoms with E-state index in [0.717, 1.165) is 27.8 Å². The molecule has 0 fully saturated rings. The van der Waals surface area contributed by atoms with Gasteiger partial charge in [0.25, 0.3) is 0 Å². The van der Waals surface area contributed by atoms with E-state index in [2.05, 4.69) is 10.6 Å². The Hall–Kier alpha value is -3.52. The molecule has 1 aromatic heterocycles. The zero-order chi connectivity index (χ0) is 20.8. The molecule has 1 unspecified atom stereocenters. The van der Waals surface area contributed by atoms with Crippen LogP contribution in [0, 0.1) is 11.3 Å². The van der Waals surface area contributed by atoms with Crippen molar-refractivity contribution in [3.63, 3.8) is 0 Å². The van der Waals surface area contributed by atoms with Gasteiger partial charge < -0.3 is 14.2 Å².